The molecule has 2 aromatic heterocycles. The van der Waals surface area contributed by atoms with Crippen molar-refractivity contribution in [2.75, 3.05) is 10.6 Å². The molecule has 0 fully saturated rings. The largest absolute Gasteiger partial charge is 0.323 e. The van der Waals surface area contributed by atoms with Crippen molar-refractivity contribution < 1.29 is 4.79 Å². The third-order valence-corrected chi connectivity index (χ3v) is 4.26. The van der Waals surface area contributed by atoms with Crippen LogP contribution in [0.3, 0.4) is 0 Å². The molecule has 2 N–H and O–H groups in total. The average molecular weight is 379 g/mol. The Hall–Kier alpha value is -3.45. The number of hydrogen-bond donors (Lipinski definition) is 2. The summed E-state index contributed by atoms with van der Waals surface area (Å²) in [5, 5.41) is 18.4. The van der Waals surface area contributed by atoms with Crippen molar-refractivity contribution in [3.05, 3.63) is 71.5 Å². The van der Waals surface area contributed by atoms with Crippen LogP contribution in [-0.2, 0) is 0 Å². The SMILES string of the molecule is Cc1ccc(Cl)cc1NC(=O)Nc1cccc(-c2ccc3nncn3n2)c1. The second-order valence-corrected chi connectivity index (χ2v) is 6.41. The fourth-order valence-electron chi connectivity index (χ4n) is 2.65. The minimum atomic E-state index is -0.347. The van der Waals surface area contributed by atoms with Crippen molar-refractivity contribution in [3.63, 3.8) is 0 Å². The van der Waals surface area contributed by atoms with Gasteiger partial charge in [-0.2, -0.15) is 9.61 Å². The number of hydrogen-bond acceptors (Lipinski definition) is 4. The number of aryl methyl sites for hydroxylation is 1. The topological polar surface area (TPSA) is 84.2 Å². The highest BCUT2D eigenvalue weighted by Gasteiger charge is 2.08. The van der Waals surface area contributed by atoms with Gasteiger partial charge in [0.25, 0.3) is 0 Å². The number of nitrogens with zero attached hydrogens (tertiary/aromatic N) is 4. The van der Waals surface area contributed by atoms with Crippen molar-refractivity contribution >= 4 is 34.7 Å². The van der Waals surface area contributed by atoms with Gasteiger partial charge in [-0.25, -0.2) is 4.79 Å². The van der Waals surface area contributed by atoms with E-state index < -0.39 is 0 Å². The number of aromatic nitrogens is 4. The lowest BCUT2D eigenvalue weighted by atomic mass is 10.1. The zero-order valence-corrected chi connectivity index (χ0v) is 15.1. The molecule has 0 atom stereocenters. The summed E-state index contributed by atoms with van der Waals surface area (Å²) in [6.07, 6.45) is 1.54. The average Bonchev–Trinajstić information content (AvgIpc) is 3.12. The highest BCUT2D eigenvalue weighted by Crippen LogP contribution is 2.23. The van der Waals surface area contributed by atoms with E-state index in [0.29, 0.717) is 22.0 Å². The van der Waals surface area contributed by atoms with Crippen LogP contribution in [0.5, 0.6) is 0 Å². The highest BCUT2D eigenvalue weighted by atomic mass is 35.5. The number of rotatable bonds is 3. The third kappa shape index (κ3) is 3.73. The molecule has 0 spiro atoms. The molecule has 0 saturated carbocycles. The molecule has 0 radical (unpaired) electrons. The normalized spacial score (nSPS) is 10.7. The van der Waals surface area contributed by atoms with Gasteiger partial charge in [0.15, 0.2) is 5.65 Å². The number of halogens is 1. The summed E-state index contributed by atoms with van der Waals surface area (Å²) in [7, 11) is 0. The van der Waals surface area contributed by atoms with Crippen molar-refractivity contribution in [1.29, 1.82) is 0 Å². The Morgan fingerprint density at radius 1 is 1.07 bits per heavy atom. The molecule has 134 valence electrons. The molecule has 7 nitrogen and oxygen atoms in total. The molecule has 4 aromatic rings. The van der Waals surface area contributed by atoms with Crippen molar-refractivity contribution in [2.24, 2.45) is 0 Å². The fourth-order valence-corrected chi connectivity index (χ4v) is 2.82. The number of carbonyl (C=O) groups excluding carboxylic acids is 1. The Morgan fingerprint density at radius 3 is 2.85 bits per heavy atom. The standard InChI is InChI=1S/C19H15ClN6O/c1-12-5-6-14(20)10-17(12)23-19(27)22-15-4-2-3-13(9-15)16-7-8-18-24-21-11-26(18)25-16/h2-11H,1H3,(H2,22,23,27). The number of benzene rings is 2. The molecule has 0 aliphatic heterocycles. The van der Waals surface area contributed by atoms with Gasteiger partial charge in [-0.15, -0.1) is 10.2 Å². The van der Waals surface area contributed by atoms with Gasteiger partial charge in [0.2, 0.25) is 0 Å². The molecule has 2 amide bonds. The van der Waals surface area contributed by atoms with Crippen LogP contribution in [0.25, 0.3) is 16.9 Å². The van der Waals surface area contributed by atoms with E-state index >= 15 is 0 Å². The van der Waals surface area contributed by atoms with Crippen LogP contribution in [0.1, 0.15) is 5.56 Å². The van der Waals surface area contributed by atoms with Crippen LogP contribution in [0.15, 0.2) is 60.9 Å². The summed E-state index contributed by atoms with van der Waals surface area (Å²) < 4.78 is 1.60. The van der Waals surface area contributed by atoms with Crippen LogP contribution in [-0.4, -0.2) is 25.8 Å². The lowest BCUT2D eigenvalue weighted by molar-refractivity contribution is 0.262. The van der Waals surface area contributed by atoms with Gasteiger partial charge < -0.3 is 10.6 Å². The monoisotopic (exact) mass is 378 g/mol. The summed E-state index contributed by atoms with van der Waals surface area (Å²) in [4.78, 5) is 12.3. The summed E-state index contributed by atoms with van der Waals surface area (Å²) in [5.74, 6) is 0. The minimum absolute atomic E-state index is 0.347. The summed E-state index contributed by atoms with van der Waals surface area (Å²) in [6, 6.07) is 16.1. The first kappa shape index (κ1) is 17.0. The smallest absolute Gasteiger partial charge is 0.308 e. The van der Waals surface area contributed by atoms with E-state index in [9.17, 15) is 4.79 Å². The van der Waals surface area contributed by atoms with Gasteiger partial charge >= 0.3 is 6.03 Å². The van der Waals surface area contributed by atoms with E-state index in [1.165, 1.54) is 0 Å². The van der Waals surface area contributed by atoms with Crippen LogP contribution < -0.4 is 10.6 Å². The van der Waals surface area contributed by atoms with E-state index in [4.69, 9.17) is 11.6 Å². The molecule has 0 aliphatic carbocycles. The van der Waals surface area contributed by atoms with Crippen molar-refractivity contribution in [1.82, 2.24) is 19.8 Å². The molecule has 4 rings (SSSR count). The second-order valence-electron chi connectivity index (χ2n) is 5.97. The zero-order valence-electron chi connectivity index (χ0n) is 14.3. The molecule has 0 aliphatic rings. The predicted octanol–water partition coefficient (Wildman–Crippen LogP) is 4.40. The summed E-state index contributed by atoms with van der Waals surface area (Å²) in [6.45, 7) is 1.90. The Bertz CT molecular complexity index is 1140. The van der Waals surface area contributed by atoms with Crippen molar-refractivity contribution in [2.45, 2.75) is 6.92 Å². The first-order valence-corrected chi connectivity index (χ1v) is 8.58. The number of anilines is 2. The molecule has 0 unspecified atom stereocenters. The molecule has 27 heavy (non-hydrogen) atoms. The van der Waals surface area contributed by atoms with Gasteiger partial charge in [-0.3, -0.25) is 0 Å². The summed E-state index contributed by atoms with van der Waals surface area (Å²) in [5.41, 5.74) is 4.52. The number of carbonyl (C=O) groups is 1. The van der Waals surface area contributed by atoms with E-state index in [0.717, 1.165) is 16.8 Å². The maximum absolute atomic E-state index is 12.3. The lowest BCUT2D eigenvalue weighted by Gasteiger charge is -2.11. The number of fused-ring (bicyclic) bond motifs is 1. The molecule has 8 heteroatoms. The van der Waals surface area contributed by atoms with Crippen LogP contribution in [0.2, 0.25) is 5.02 Å². The maximum atomic E-state index is 12.3. The van der Waals surface area contributed by atoms with E-state index in [1.807, 2.05) is 49.4 Å². The quantitative estimate of drug-likeness (QED) is 0.553. The van der Waals surface area contributed by atoms with Crippen LogP contribution >= 0.6 is 11.6 Å². The lowest BCUT2D eigenvalue weighted by Crippen LogP contribution is -2.20. The Labute approximate surface area is 160 Å². The van der Waals surface area contributed by atoms with Gasteiger partial charge in [-0.1, -0.05) is 29.8 Å². The second kappa shape index (κ2) is 7.05. The molecule has 0 bridgehead atoms. The summed E-state index contributed by atoms with van der Waals surface area (Å²) >= 11 is 5.99. The van der Waals surface area contributed by atoms with E-state index in [-0.39, 0.29) is 6.03 Å². The fraction of sp³-hybridized carbons (Fsp3) is 0.0526. The van der Waals surface area contributed by atoms with E-state index in [2.05, 4.69) is 25.9 Å². The Kier molecular flexibility index (Phi) is 4.43. The van der Waals surface area contributed by atoms with Gasteiger partial charge in [0, 0.05) is 22.0 Å². The first-order valence-electron chi connectivity index (χ1n) is 8.20. The Morgan fingerprint density at radius 2 is 1.96 bits per heavy atom. The van der Waals surface area contributed by atoms with Crippen molar-refractivity contribution in [3.8, 4) is 11.3 Å². The molecule has 0 saturated heterocycles. The number of urea groups is 1. The van der Waals surface area contributed by atoms with Gasteiger partial charge in [-0.05, 0) is 48.9 Å². The third-order valence-electron chi connectivity index (χ3n) is 4.03. The number of amides is 2. The van der Waals surface area contributed by atoms with Gasteiger partial charge in [0.05, 0.1) is 5.69 Å². The molecule has 2 heterocycles. The number of nitrogens with one attached hydrogen (secondary N) is 2. The highest BCUT2D eigenvalue weighted by molar-refractivity contribution is 6.31. The maximum Gasteiger partial charge on any atom is 0.323 e. The van der Waals surface area contributed by atoms with Crippen LogP contribution in [0, 0.1) is 6.92 Å². The Balaban J connectivity index is 1.53. The zero-order chi connectivity index (χ0) is 18.8. The first-order chi connectivity index (χ1) is 13.1. The predicted molar refractivity (Wildman–Crippen MR) is 105 cm³/mol. The molecule has 2 aromatic carbocycles. The minimum Gasteiger partial charge on any atom is -0.308 e. The van der Waals surface area contributed by atoms with Crippen LogP contribution in [0.4, 0.5) is 16.2 Å². The van der Waals surface area contributed by atoms with Gasteiger partial charge in [0.1, 0.15) is 6.33 Å². The molecular weight excluding hydrogens is 364 g/mol. The van der Waals surface area contributed by atoms with E-state index in [1.54, 1.807) is 23.0 Å². The molecular formula is C19H15ClN6O.